The SMILES string of the molecule is CCCCCCC/C=C\CCCCCCCC(=O)NC(COP(=O)(O)OCC(O)COC(=O)CCCCCCCCCCCCCCCCCCCCCC)C(=O)O. The van der Waals surface area contributed by atoms with Crippen molar-refractivity contribution in [1.29, 1.82) is 0 Å². The summed E-state index contributed by atoms with van der Waals surface area (Å²) in [5.74, 6) is -2.37. The molecule has 0 bridgehead atoms. The van der Waals surface area contributed by atoms with Crippen LogP contribution in [0, 0.1) is 0 Å². The van der Waals surface area contributed by atoms with Crippen molar-refractivity contribution in [2.45, 2.75) is 244 Å². The lowest BCUT2D eigenvalue weighted by molar-refractivity contribution is -0.147. The van der Waals surface area contributed by atoms with Crippen LogP contribution in [0.15, 0.2) is 12.2 Å². The predicted molar refractivity (Wildman–Crippen MR) is 236 cm³/mol. The molecule has 0 rings (SSSR count). The Kier molecular flexibility index (Phi) is 40.6. The van der Waals surface area contributed by atoms with Crippen molar-refractivity contribution >= 4 is 25.7 Å². The van der Waals surface area contributed by atoms with E-state index in [1.165, 1.54) is 135 Å². The van der Waals surface area contributed by atoms with E-state index in [2.05, 4.69) is 31.3 Å². The normalized spacial score (nSPS) is 13.7. The lowest BCUT2D eigenvalue weighted by atomic mass is 10.0. The van der Waals surface area contributed by atoms with Gasteiger partial charge in [-0.1, -0.05) is 193 Å². The van der Waals surface area contributed by atoms with Gasteiger partial charge in [0.2, 0.25) is 5.91 Å². The monoisotopic (exact) mass is 846 g/mol. The number of allylic oxidation sites excluding steroid dienone is 2. The van der Waals surface area contributed by atoms with Gasteiger partial charge in [0, 0.05) is 12.8 Å². The molecule has 0 aliphatic heterocycles. The standard InChI is InChI=1S/C46H88NO10P/c1-3-5-7-9-11-13-15-17-19-20-21-22-23-24-26-28-30-32-34-36-38-45(50)55-39-42(48)40-56-58(53,54)57-41-43(46(51)52)47-44(49)37-35-33-31-29-27-25-18-16-14-12-10-8-6-4-2/h16,18,42-43,48H,3-15,17,19-41H2,1-2H3,(H,47,49)(H,51,52)(H,53,54)/b18-16-. The number of phosphoric ester groups is 1. The summed E-state index contributed by atoms with van der Waals surface area (Å²) >= 11 is 0. The molecule has 0 radical (unpaired) electrons. The maximum atomic E-state index is 12.3. The van der Waals surface area contributed by atoms with Gasteiger partial charge in [-0.05, 0) is 38.5 Å². The lowest BCUT2D eigenvalue weighted by Crippen LogP contribution is -2.43. The summed E-state index contributed by atoms with van der Waals surface area (Å²) < 4.78 is 26.9. The Morgan fingerprint density at radius 3 is 1.31 bits per heavy atom. The van der Waals surface area contributed by atoms with Crippen LogP contribution in [0.25, 0.3) is 0 Å². The van der Waals surface area contributed by atoms with Crippen molar-refractivity contribution < 1.29 is 47.8 Å². The number of ether oxygens (including phenoxy) is 1. The molecule has 0 fully saturated rings. The van der Waals surface area contributed by atoms with Gasteiger partial charge in [0.15, 0.2) is 6.04 Å². The number of unbranched alkanes of at least 4 members (excludes halogenated alkanes) is 29. The Labute approximate surface area is 354 Å². The molecular weight excluding hydrogens is 757 g/mol. The van der Waals surface area contributed by atoms with E-state index in [1.54, 1.807) is 0 Å². The first-order valence-corrected chi connectivity index (χ1v) is 25.2. The molecule has 0 aromatic carbocycles. The molecule has 0 saturated carbocycles. The van der Waals surface area contributed by atoms with Gasteiger partial charge in [0.05, 0.1) is 13.2 Å². The Hall–Kier alpha value is -1.78. The Bertz CT molecular complexity index is 1040. The summed E-state index contributed by atoms with van der Waals surface area (Å²) in [5, 5.41) is 21.8. The smallest absolute Gasteiger partial charge is 0.472 e. The number of carbonyl (C=O) groups excluding carboxylic acids is 2. The number of carbonyl (C=O) groups is 3. The molecule has 0 aromatic heterocycles. The van der Waals surface area contributed by atoms with Crippen LogP contribution in [-0.2, 0) is 32.7 Å². The van der Waals surface area contributed by atoms with Crippen LogP contribution in [-0.4, -0.2) is 64.9 Å². The average Bonchev–Trinajstić information content (AvgIpc) is 3.20. The number of aliphatic hydroxyl groups excluding tert-OH is 1. The van der Waals surface area contributed by atoms with Crippen molar-refractivity contribution in [1.82, 2.24) is 5.32 Å². The van der Waals surface area contributed by atoms with E-state index in [-0.39, 0.29) is 12.8 Å². The highest BCUT2D eigenvalue weighted by Gasteiger charge is 2.28. The zero-order valence-corrected chi connectivity index (χ0v) is 38.0. The Morgan fingerprint density at radius 1 is 0.534 bits per heavy atom. The summed E-state index contributed by atoms with van der Waals surface area (Å²) in [7, 11) is -4.75. The molecule has 4 N–H and O–H groups in total. The van der Waals surface area contributed by atoms with Crippen LogP contribution in [0.3, 0.4) is 0 Å². The largest absolute Gasteiger partial charge is 0.480 e. The molecule has 0 aliphatic rings. The lowest BCUT2D eigenvalue weighted by Gasteiger charge is -2.18. The molecule has 12 heteroatoms. The summed E-state index contributed by atoms with van der Waals surface area (Å²) in [4.78, 5) is 45.9. The summed E-state index contributed by atoms with van der Waals surface area (Å²) in [5.41, 5.74) is 0. The van der Waals surface area contributed by atoms with Gasteiger partial charge in [0.25, 0.3) is 0 Å². The van der Waals surface area contributed by atoms with Gasteiger partial charge in [-0.2, -0.15) is 0 Å². The van der Waals surface area contributed by atoms with Crippen molar-refractivity contribution in [3.63, 3.8) is 0 Å². The Balaban J connectivity index is 3.82. The van der Waals surface area contributed by atoms with Gasteiger partial charge in [-0.15, -0.1) is 0 Å². The van der Waals surface area contributed by atoms with Crippen LogP contribution in [0.1, 0.15) is 232 Å². The zero-order chi connectivity index (χ0) is 42.8. The van der Waals surface area contributed by atoms with Gasteiger partial charge < -0.3 is 25.2 Å². The highest BCUT2D eigenvalue weighted by Crippen LogP contribution is 2.43. The molecule has 0 heterocycles. The van der Waals surface area contributed by atoms with Gasteiger partial charge in [0.1, 0.15) is 12.7 Å². The van der Waals surface area contributed by atoms with Crippen molar-refractivity contribution in [3.05, 3.63) is 12.2 Å². The third-order valence-corrected chi connectivity index (χ3v) is 11.5. The quantitative estimate of drug-likeness (QED) is 0.0200. The summed E-state index contributed by atoms with van der Waals surface area (Å²) in [6, 6.07) is -1.55. The van der Waals surface area contributed by atoms with E-state index in [0.29, 0.717) is 12.8 Å². The molecule has 0 saturated heterocycles. The van der Waals surface area contributed by atoms with Crippen LogP contribution in [0.4, 0.5) is 0 Å². The number of aliphatic carboxylic acids is 1. The Morgan fingerprint density at radius 2 is 0.897 bits per heavy atom. The maximum absolute atomic E-state index is 12.3. The molecule has 11 nitrogen and oxygen atoms in total. The van der Waals surface area contributed by atoms with Gasteiger partial charge in [-0.3, -0.25) is 18.6 Å². The number of phosphoric acid groups is 1. The van der Waals surface area contributed by atoms with E-state index in [9.17, 15) is 34.1 Å². The number of amides is 1. The number of carboxylic acid groups (broad SMARTS) is 1. The topological polar surface area (TPSA) is 169 Å². The van der Waals surface area contributed by atoms with E-state index >= 15 is 0 Å². The van der Waals surface area contributed by atoms with E-state index < -0.39 is 57.6 Å². The van der Waals surface area contributed by atoms with E-state index in [1.807, 2.05) is 0 Å². The fourth-order valence-corrected chi connectivity index (χ4v) is 7.61. The molecule has 1 amide bonds. The number of nitrogens with one attached hydrogen (secondary N) is 1. The van der Waals surface area contributed by atoms with E-state index in [4.69, 9.17) is 13.8 Å². The van der Waals surface area contributed by atoms with Gasteiger partial charge >= 0.3 is 19.8 Å². The molecule has 3 unspecified atom stereocenters. The molecule has 58 heavy (non-hydrogen) atoms. The molecule has 0 spiro atoms. The van der Waals surface area contributed by atoms with Crippen molar-refractivity contribution in [2.24, 2.45) is 0 Å². The first-order valence-electron chi connectivity index (χ1n) is 23.7. The third kappa shape index (κ3) is 41.0. The number of hydrogen-bond acceptors (Lipinski definition) is 8. The molecule has 3 atom stereocenters. The molecule has 342 valence electrons. The summed E-state index contributed by atoms with van der Waals surface area (Å²) in [6.45, 7) is 2.61. The van der Waals surface area contributed by atoms with Crippen molar-refractivity contribution in [2.75, 3.05) is 19.8 Å². The molecule has 0 aromatic rings. The fraction of sp³-hybridized carbons (Fsp3) is 0.891. The number of esters is 1. The van der Waals surface area contributed by atoms with E-state index in [0.717, 1.165) is 57.8 Å². The second-order valence-corrected chi connectivity index (χ2v) is 17.8. The minimum atomic E-state index is -4.75. The number of aliphatic hydroxyl groups is 1. The molecule has 0 aliphatic carbocycles. The minimum absolute atomic E-state index is 0.138. The van der Waals surface area contributed by atoms with Crippen LogP contribution < -0.4 is 5.32 Å². The first kappa shape index (κ1) is 56.2. The van der Waals surface area contributed by atoms with Gasteiger partial charge in [-0.25, -0.2) is 9.36 Å². The minimum Gasteiger partial charge on any atom is -0.480 e. The predicted octanol–water partition coefficient (Wildman–Crippen LogP) is 12.5. The number of carboxylic acids is 1. The second-order valence-electron chi connectivity index (χ2n) is 16.3. The summed E-state index contributed by atoms with van der Waals surface area (Å²) in [6.07, 6.45) is 42.4. The first-order chi connectivity index (χ1) is 28.1. The second kappa shape index (κ2) is 41.9. The highest BCUT2D eigenvalue weighted by molar-refractivity contribution is 7.47. The van der Waals surface area contributed by atoms with Crippen molar-refractivity contribution in [3.8, 4) is 0 Å². The van der Waals surface area contributed by atoms with Crippen LogP contribution in [0.5, 0.6) is 0 Å². The average molecular weight is 846 g/mol. The van der Waals surface area contributed by atoms with Crippen LogP contribution >= 0.6 is 7.82 Å². The third-order valence-electron chi connectivity index (χ3n) is 10.6. The number of rotatable bonds is 45. The highest BCUT2D eigenvalue weighted by atomic mass is 31.2. The molecular formula is C46H88NO10P. The van der Waals surface area contributed by atoms with Crippen LogP contribution in [0.2, 0.25) is 0 Å². The zero-order valence-electron chi connectivity index (χ0n) is 37.1. The number of hydrogen-bond donors (Lipinski definition) is 4. The maximum Gasteiger partial charge on any atom is 0.472 e. The fourth-order valence-electron chi connectivity index (χ4n) is 6.84.